The minimum Gasteiger partial charge on any atom is -0.485 e. The Morgan fingerprint density at radius 3 is 2.75 bits per heavy atom. The number of nitrogens with two attached hydrogens (primary N) is 1. The Balaban J connectivity index is 2.26. The minimum absolute atomic E-state index is 0.0411. The number of halogens is 3. The quantitative estimate of drug-likeness (QED) is 0.907. The zero-order chi connectivity index (χ0) is 14.9. The highest BCUT2D eigenvalue weighted by Crippen LogP contribution is 2.29. The number of rotatable bonds is 4. The summed E-state index contributed by atoms with van der Waals surface area (Å²) in [6, 6.07) is 2.64. The van der Waals surface area contributed by atoms with Crippen molar-refractivity contribution in [2.45, 2.75) is 12.5 Å². The molecule has 0 saturated carbocycles. The van der Waals surface area contributed by atoms with E-state index >= 15 is 0 Å². The van der Waals surface area contributed by atoms with Crippen LogP contribution in [0.4, 0.5) is 13.2 Å². The number of aliphatic imine (C=N–C) groups is 1. The predicted octanol–water partition coefficient (Wildman–Crippen LogP) is 1.30. The molecule has 1 atom stereocenters. The van der Waals surface area contributed by atoms with Gasteiger partial charge in [-0.15, -0.1) is 0 Å². The molecule has 1 amide bonds. The summed E-state index contributed by atoms with van der Waals surface area (Å²) in [5.41, 5.74) is 5.84. The monoisotopic (exact) mass is 287 g/mol. The fourth-order valence-corrected chi connectivity index (χ4v) is 1.74. The van der Waals surface area contributed by atoms with Gasteiger partial charge in [-0.1, -0.05) is 6.07 Å². The zero-order valence-electron chi connectivity index (χ0n) is 10.5. The maximum atomic E-state index is 13.4. The maximum absolute atomic E-state index is 13.4. The van der Waals surface area contributed by atoms with Gasteiger partial charge in [0, 0.05) is 7.05 Å². The van der Waals surface area contributed by atoms with E-state index in [1.54, 1.807) is 0 Å². The molecule has 0 aromatic heterocycles. The Labute approximate surface area is 112 Å². The zero-order valence-corrected chi connectivity index (χ0v) is 10.5. The first-order valence-corrected chi connectivity index (χ1v) is 5.71. The third kappa shape index (κ3) is 2.68. The number of ether oxygens (including phenoxy) is 1. The van der Waals surface area contributed by atoms with Gasteiger partial charge >= 0.3 is 0 Å². The summed E-state index contributed by atoms with van der Waals surface area (Å²) in [5, 5.41) is 0. The third-order valence-corrected chi connectivity index (χ3v) is 2.81. The summed E-state index contributed by atoms with van der Waals surface area (Å²) in [6.45, 7) is -0.926. The van der Waals surface area contributed by atoms with Crippen LogP contribution in [0.25, 0.3) is 0 Å². The van der Waals surface area contributed by atoms with Crippen LogP contribution in [-0.4, -0.2) is 36.8 Å². The van der Waals surface area contributed by atoms with Gasteiger partial charge in [-0.3, -0.25) is 9.69 Å². The van der Waals surface area contributed by atoms with Crippen molar-refractivity contribution >= 4 is 11.9 Å². The maximum Gasteiger partial charge on any atom is 0.272 e. The summed E-state index contributed by atoms with van der Waals surface area (Å²) in [4.78, 5) is 16.9. The number of carbonyl (C=O) groups is 1. The second kappa shape index (κ2) is 5.40. The molecule has 0 unspecified atom stereocenters. The topological polar surface area (TPSA) is 67.9 Å². The van der Waals surface area contributed by atoms with Crippen molar-refractivity contribution in [1.82, 2.24) is 4.90 Å². The molecular weight excluding hydrogens is 275 g/mol. The molecule has 0 fully saturated rings. The highest BCUT2D eigenvalue weighted by atomic mass is 19.3. The number of amides is 1. The molecule has 20 heavy (non-hydrogen) atoms. The highest BCUT2D eigenvalue weighted by Gasteiger charge is 2.32. The third-order valence-electron chi connectivity index (χ3n) is 2.81. The summed E-state index contributed by atoms with van der Waals surface area (Å²) in [7, 11) is 1.46. The van der Waals surface area contributed by atoms with Gasteiger partial charge < -0.3 is 10.5 Å². The summed E-state index contributed by atoms with van der Waals surface area (Å²) < 4.78 is 42.2. The van der Waals surface area contributed by atoms with Gasteiger partial charge in [0.25, 0.3) is 12.3 Å². The lowest BCUT2D eigenvalue weighted by molar-refractivity contribution is -0.126. The van der Waals surface area contributed by atoms with Crippen molar-refractivity contribution in [3.63, 3.8) is 0 Å². The van der Waals surface area contributed by atoms with Crippen LogP contribution < -0.4 is 10.5 Å². The molecule has 8 heteroatoms. The predicted molar refractivity (Wildman–Crippen MR) is 65.0 cm³/mol. The minimum atomic E-state index is -2.72. The first-order valence-electron chi connectivity index (χ1n) is 5.71. The number of hydrogen-bond acceptors (Lipinski definition) is 4. The molecule has 2 rings (SSSR count). The molecule has 0 saturated heterocycles. The molecule has 0 aliphatic carbocycles. The second-order valence-electron chi connectivity index (χ2n) is 4.18. The molecule has 1 aromatic carbocycles. The molecule has 0 spiro atoms. The van der Waals surface area contributed by atoms with Crippen LogP contribution in [0, 0.1) is 5.82 Å². The number of guanidine groups is 1. The van der Waals surface area contributed by atoms with Crippen LogP contribution in [0.1, 0.15) is 11.6 Å². The van der Waals surface area contributed by atoms with Crippen molar-refractivity contribution in [2.75, 3.05) is 13.7 Å². The van der Waals surface area contributed by atoms with Crippen LogP contribution in [0.2, 0.25) is 0 Å². The Hall–Kier alpha value is -2.25. The van der Waals surface area contributed by atoms with Crippen molar-refractivity contribution in [3.05, 3.63) is 29.6 Å². The van der Waals surface area contributed by atoms with E-state index in [4.69, 9.17) is 5.73 Å². The van der Waals surface area contributed by atoms with Crippen LogP contribution in [0.15, 0.2) is 23.2 Å². The Bertz CT molecular complexity index is 563. The Morgan fingerprint density at radius 2 is 2.20 bits per heavy atom. The van der Waals surface area contributed by atoms with E-state index in [0.717, 1.165) is 11.0 Å². The van der Waals surface area contributed by atoms with Crippen molar-refractivity contribution in [2.24, 2.45) is 10.7 Å². The average molecular weight is 287 g/mol. The lowest BCUT2D eigenvalue weighted by atomic mass is 10.1. The molecule has 1 heterocycles. The number of likely N-dealkylation sites (N-methyl/N-ethyl adjacent to an activating group) is 1. The van der Waals surface area contributed by atoms with Gasteiger partial charge in [0.2, 0.25) is 0 Å². The summed E-state index contributed by atoms with van der Waals surface area (Å²) in [5.74, 6) is -1.47. The fraction of sp³-hybridized carbons (Fsp3) is 0.333. The van der Waals surface area contributed by atoms with E-state index in [-0.39, 0.29) is 17.6 Å². The first kappa shape index (κ1) is 14.2. The highest BCUT2D eigenvalue weighted by molar-refractivity contribution is 6.04. The molecule has 1 aliphatic heterocycles. The van der Waals surface area contributed by atoms with Gasteiger partial charge in [-0.05, 0) is 17.7 Å². The Kier molecular flexibility index (Phi) is 3.82. The lowest BCUT2D eigenvalue weighted by Crippen LogP contribution is -2.34. The number of hydrogen-bond donors (Lipinski definition) is 1. The van der Waals surface area contributed by atoms with Crippen LogP contribution >= 0.6 is 0 Å². The normalized spacial score (nSPS) is 18.6. The molecular formula is C12H12F3N3O2. The molecule has 5 nitrogen and oxygen atoms in total. The van der Waals surface area contributed by atoms with Gasteiger partial charge in [0.1, 0.15) is 6.61 Å². The number of carbonyl (C=O) groups excluding carboxylic acids is 1. The standard InChI is InChI=1S/C12H12F3N3O2/c1-18-11(19)10(17-12(18)16)6-2-3-7(13)8(4-6)20-5-9(14)15/h2-4,9-10H,5H2,1H3,(H2,16,17)/t10-/m1/s1. The lowest BCUT2D eigenvalue weighted by Gasteiger charge is -2.12. The van der Waals surface area contributed by atoms with E-state index in [2.05, 4.69) is 9.73 Å². The molecule has 1 aliphatic rings. The Morgan fingerprint density at radius 1 is 1.50 bits per heavy atom. The number of nitrogens with zero attached hydrogens (tertiary/aromatic N) is 2. The molecule has 108 valence electrons. The van der Waals surface area contributed by atoms with E-state index < -0.39 is 24.9 Å². The van der Waals surface area contributed by atoms with Gasteiger partial charge in [0.15, 0.2) is 23.6 Å². The molecule has 0 radical (unpaired) electrons. The van der Waals surface area contributed by atoms with Gasteiger partial charge in [0.05, 0.1) is 0 Å². The van der Waals surface area contributed by atoms with Gasteiger partial charge in [-0.25, -0.2) is 18.2 Å². The van der Waals surface area contributed by atoms with E-state index in [0.29, 0.717) is 5.56 Å². The number of benzene rings is 1. The van der Waals surface area contributed by atoms with E-state index in [1.165, 1.54) is 19.2 Å². The van der Waals surface area contributed by atoms with Crippen molar-refractivity contribution < 1.29 is 22.7 Å². The first-order chi connectivity index (χ1) is 9.40. The second-order valence-corrected chi connectivity index (χ2v) is 4.18. The summed E-state index contributed by atoms with van der Waals surface area (Å²) in [6.07, 6.45) is -2.72. The van der Waals surface area contributed by atoms with Gasteiger partial charge in [-0.2, -0.15) is 0 Å². The van der Waals surface area contributed by atoms with E-state index in [9.17, 15) is 18.0 Å². The van der Waals surface area contributed by atoms with Crippen LogP contribution in [0.3, 0.4) is 0 Å². The summed E-state index contributed by atoms with van der Waals surface area (Å²) >= 11 is 0. The van der Waals surface area contributed by atoms with E-state index in [1.807, 2.05) is 0 Å². The number of alkyl halides is 2. The SMILES string of the molecule is CN1C(=O)[C@@H](c2ccc(F)c(OCC(F)F)c2)N=C1N. The van der Waals surface area contributed by atoms with Crippen molar-refractivity contribution in [3.8, 4) is 5.75 Å². The van der Waals surface area contributed by atoms with Crippen LogP contribution in [0.5, 0.6) is 5.75 Å². The average Bonchev–Trinajstić information content (AvgIpc) is 2.65. The molecule has 0 bridgehead atoms. The largest absolute Gasteiger partial charge is 0.485 e. The molecule has 2 N–H and O–H groups in total. The van der Waals surface area contributed by atoms with Crippen LogP contribution in [-0.2, 0) is 4.79 Å². The molecule has 1 aromatic rings. The fourth-order valence-electron chi connectivity index (χ4n) is 1.74. The van der Waals surface area contributed by atoms with Crippen molar-refractivity contribution in [1.29, 1.82) is 0 Å². The smallest absolute Gasteiger partial charge is 0.272 e.